The molecule has 0 heterocycles. The molecular weight excluding hydrogens is 542 g/mol. The van der Waals surface area contributed by atoms with Crippen LogP contribution in [0.2, 0.25) is 0 Å². The van der Waals surface area contributed by atoms with E-state index in [2.05, 4.69) is 25.7 Å². The second-order valence-electron chi connectivity index (χ2n) is 10.5. The molecule has 43 heavy (non-hydrogen) atoms. The van der Waals surface area contributed by atoms with Crippen LogP contribution in [0, 0.1) is 22.0 Å². The molecule has 0 spiro atoms. The van der Waals surface area contributed by atoms with Crippen molar-refractivity contribution < 1.29 is 23.9 Å². The Morgan fingerprint density at radius 1 is 0.674 bits per heavy atom. The van der Waals surface area contributed by atoms with Crippen LogP contribution in [0.5, 0.6) is 17.2 Å². The molecule has 7 nitrogen and oxygen atoms in total. The Morgan fingerprint density at radius 3 is 1.84 bits per heavy atom. The minimum Gasteiger partial charge on any atom is -0.494 e. The van der Waals surface area contributed by atoms with Gasteiger partial charge in [-0.2, -0.15) is 0 Å². The van der Waals surface area contributed by atoms with E-state index in [1.807, 2.05) is 0 Å². The van der Waals surface area contributed by atoms with Gasteiger partial charge in [-0.15, -0.1) is 0 Å². The van der Waals surface area contributed by atoms with Crippen molar-refractivity contribution in [1.82, 2.24) is 0 Å². The Kier molecular flexibility index (Phi) is 14.7. The molecule has 0 unspecified atom stereocenters. The fraction of sp³-hybridized carbons (Fsp3) is 0.417. The van der Waals surface area contributed by atoms with Crippen LogP contribution in [0.4, 0.5) is 5.69 Å². The molecule has 0 aliphatic carbocycles. The summed E-state index contributed by atoms with van der Waals surface area (Å²) in [6.07, 6.45) is 12.6. The quantitative estimate of drug-likeness (QED) is 0.0369. The van der Waals surface area contributed by atoms with Gasteiger partial charge in [0.25, 0.3) is 0 Å². The third kappa shape index (κ3) is 12.2. The van der Waals surface area contributed by atoms with E-state index in [4.69, 9.17) is 14.2 Å². The van der Waals surface area contributed by atoms with Gasteiger partial charge in [0, 0.05) is 17.2 Å². The van der Waals surface area contributed by atoms with Crippen LogP contribution in [0.1, 0.15) is 106 Å². The van der Waals surface area contributed by atoms with Gasteiger partial charge in [-0.25, -0.2) is 4.79 Å². The van der Waals surface area contributed by atoms with Crippen LogP contribution in [0.15, 0.2) is 66.7 Å². The molecule has 3 aromatic rings. The smallest absolute Gasteiger partial charge is 0.343 e. The number of benzene rings is 3. The Morgan fingerprint density at radius 2 is 1.21 bits per heavy atom. The van der Waals surface area contributed by atoms with Crippen LogP contribution in [-0.4, -0.2) is 24.1 Å². The van der Waals surface area contributed by atoms with Gasteiger partial charge in [-0.1, -0.05) is 83.5 Å². The minimum absolute atomic E-state index is 0.0953. The summed E-state index contributed by atoms with van der Waals surface area (Å²) >= 11 is 0. The van der Waals surface area contributed by atoms with Crippen molar-refractivity contribution in [3.05, 3.63) is 93.5 Å². The molecule has 0 amide bonds. The summed E-state index contributed by atoms with van der Waals surface area (Å²) in [5, 5.41) is 11.6. The third-order valence-corrected chi connectivity index (χ3v) is 6.93. The Labute approximate surface area is 255 Å². The second kappa shape index (κ2) is 19.0. The number of unbranched alkanes of at least 4 members (excludes halogenated alkanes) is 9. The van der Waals surface area contributed by atoms with E-state index in [9.17, 15) is 14.9 Å². The average molecular weight is 586 g/mol. The maximum atomic E-state index is 12.6. The molecule has 0 saturated carbocycles. The van der Waals surface area contributed by atoms with Crippen molar-refractivity contribution >= 4 is 11.7 Å². The fourth-order valence-electron chi connectivity index (χ4n) is 4.42. The lowest BCUT2D eigenvalue weighted by Crippen LogP contribution is -2.08. The third-order valence-electron chi connectivity index (χ3n) is 6.93. The van der Waals surface area contributed by atoms with Crippen molar-refractivity contribution in [3.8, 4) is 29.1 Å². The Bertz CT molecular complexity index is 1340. The van der Waals surface area contributed by atoms with Crippen LogP contribution >= 0.6 is 0 Å². The molecule has 0 bridgehead atoms. The average Bonchev–Trinajstić information content (AvgIpc) is 3.02. The highest BCUT2D eigenvalue weighted by Gasteiger charge is 2.15. The number of hydrogen-bond donors (Lipinski definition) is 0. The van der Waals surface area contributed by atoms with Crippen molar-refractivity contribution in [3.63, 3.8) is 0 Å². The van der Waals surface area contributed by atoms with E-state index in [-0.39, 0.29) is 11.4 Å². The monoisotopic (exact) mass is 585 g/mol. The van der Waals surface area contributed by atoms with E-state index in [0.29, 0.717) is 35.7 Å². The van der Waals surface area contributed by atoms with Crippen LogP contribution in [0.25, 0.3) is 0 Å². The van der Waals surface area contributed by atoms with E-state index < -0.39 is 10.9 Å². The summed E-state index contributed by atoms with van der Waals surface area (Å²) in [4.78, 5) is 23.7. The molecule has 0 fully saturated rings. The van der Waals surface area contributed by atoms with Crippen LogP contribution < -0.4 is 14.2 Å². The molecular formula is C36H43NO6. The molecule has 0 radical (unpaired) electrons. The minimum atomic E-state index is -0.462. The van der Waals surface area contributed by atoms with Crippen molar-refractivity contribution in [2.75, 3.05) is 13.2 Å². The maximum Gasteiger partial charge on any atom is 0.343 e. The zero-order valence-electron chi connectivity index (χ0n) is 25.4. The number of rotatable bonds is 18. The number of hydrogen-bond acceptors (Lipinski definition) is 6. The summed E-state index contributed by atoms with van der Waals surface area (Å²) in [6, 6.07) is 18.5. The molecule has 0 aliphatic heterocycles. The van der Waals surface area contributed by atoms with E-state index in [1.54, 1.807) is 60.7 Å². The zero-order valence-corrected chi connectivity index (χ0v) is 25.4. The molecule has 3 aromatic carbocycles. The summed E-state index contributed by atoms with van der Waals surface area (Å²) < 4.78 is 17.0. The van der Waals surface area contributed by atoms with Gasteiger partial charge in [-0.05, 0) is 73.5 Å². The van der Waals surface area contributed by atoms with Gasteiger partial charge in [0.1, 0.15) is 11.5 Å². The van der Waals surface area contributed by atoms with Crippen LogP contribution in [0.3, 0.4) is 0 Å². The summed E-state index contributed by atoms with van der Waals surface area (Å²) in [6.45, 7) is 5.49. The van der Waals surface area contributed by atoms with Crippen molar-refractivity contribution in [1.29, 1.82) is 0 Å². The Balaban J connectivity index is 1.49. The molecule has 0 aliphatic rings. The van der Waals surface area contributed by atoms with E-state index in [1.165, 1.54) is 44.6 Å². The van der Waals surface area contributed by atoms with Gasteiger partial charge in [0.05, 0.1) is 23.7 Å². The SMILES string of the molecule is CCCCCCCCOc1ccc(C#Cc2ccc(OC(=O)c3ccc(OCCCCCCC)cc3)cc2)cc1[N+](=O)[O-]. The summed E-state index contributed by atoms with van der Waals surface area (Å²) in [5.41, 5.74) is 1.53. The predicted octanol–water partition coefficient (Wildman–Crippen LogP) is 9.30. The standard InChI is InChI=1S/C36H43NO6/c1-3-5-7-9-11-13-27-42-35-25-18-30(28-34(35)37(39)40)15-14-29-16-21-33(22-17-29)43-36(38)31-19-23-32(24-20-31)41-26-12-10-8-6-4-2/h16-25,28H,3-13,26-27H2,1-2H3. The number of ether oxygens (including phenoxy) is 3. The predicted molar refractivity (Wildman–Crippen MR) is 170 cm³/mol. The van der Waals surface area contributed by atoms with Crippen molar-refractivity contribution in [2.45, 2.75) is 84.5 Å². The summed E-state index contributed by atoms with van der Waals surface area (Å²) in [5.74, 6) is 6.90. The van der Waals surface area contributed by atoms with Gasteiger partial charge in [0.2, 0.25) is 0 Å². The first-order valence-electron chi connectivity index (χ1n) is 15.5. The molecule has 0 N–H and O–H groups in total. The van der Waals surface area contributed by atoms with E-state index >= 15 is 0 Å². The first kappa shape index (κ1) is 33.2. The van der Waals surface area contributed by atoms with E-state index in [0.717, 1.165) is 37.9 Å². The largest absolute Gasteiger partial charge is 0.494 e. The number of nitro groups is 1. The number of esters is 1. The maximum absolute atomic E-state index is 12.6. The summed E-state index contributed by atoms with van der Waals surface area (Å²) in [7, 11) is 0. The molecule has 0 saturated heterocycles. The zero-order chi connectivity index (χ0) is 30.7. The van der Waals surface area contributed by atoms with Gasteiger partial charge >= 0.3 is 11.7 Å². The van der Waals surface area contributed by atoms with Gasteiger partial charge in [0.15, 0.2) is 5.75 Å². The first-order chi connectivity index (χ1) is 21.0. The lowest BCUT2D eigenvalue weighted by atomic mass is 10.1. The lowest BCUT2D eigenvalue weighted by Gasteiger charge is -2.08. The number of nitrogens with zero attached hydrogens (tertiary/aromatic N) is 1. The molecule has 228 valence electrons. The highest BCUT2D eigenvalue weighted by atomic mass is 16.6. The number of nitro benzene ring substituents is 1. The normalized spacial score (nSPS) is 10.5. The second-order valence-corrected chi connectivity index (χ2v) is 10.5. The highest BCUT2D eigenvalue weighted by molar-refractivity contribution is 5.91. The van der Waals surface area contributed by atoms with Crippen LogP contribution in [-0.2, 0) is 0 Å². The molecule has 3 rings (SSSR count). The fourth-order valence-corrected chi connectivity index (χ4v) is 4.42. The topological polar surface area (TPSA) is 87.9 Å². The molecule has 0 aromatic heterocycles. The van der Waals surface area contributed by atoms with Gasteiger partial charge < -0.3 is 14.2 Å². The molecule has 0 atom stereocenters. The number of carbonyl (C=O) groups excluding carboxylic acids is 1. The Hall–Kier alpha value is -4.31. The molecule has 7 heteroatoms. The van der Waals surface area contributed by atoms with Crippen molar-refractivity contribution in [2.24, 2.45) is 0 Å². The lowest BCUT2D eigenvalue weighted by molar-refractivity contribution is -0.385. The number of carbonyl (C=O) groups is 1. The van der Waals surface area contributed by atoms with Gasteiger partial charge in [-0.3, -0.25) is 10.1 Å². The highest BCUT2D eigenvalue weighted by Crippen LogP contribution is 2.28. The first-order valence-corrected chi connectivity index (χ1v) is 15.5.